The molecule has 1 aromatic rings. The number of phenolic OH excluding ortho intramolecular Hbond substituents is 1. The fraction of sp³-hybridized carbons (Fsp3) is 0.417. The summed E-state index contributed by atoms with van der Waals surface area (Å²) in [7, 11) is 0. The largest absolute Gasteiger partial charge is 0.508 e. The van der Waals surface area contributed by atoms with Crippen LogP contribution in [0.2, 0.25) is 0 Å². The van der Waals surface area contributed by atoms with Gasteiger partial charge in [0.25, 0.3) is 0 Å². The number of hydrogen-bond acceptors (Lipinski definition) is 5. The lowest BCUT2D eigenvalue weighted by Crippen LogP contribution is -2.35. The molecule has 0 radical (unpaired) electrons. The zero-order valence-electron chi connectivity index (χ0n) is 9.55. The van der Waals surface area contributed by atoms with E-state index in [1.165, 1.54) is 0 Å². The van der Waals surface area contributed by atoms with Crippen molar-refractivity contribution in [2.45, 2.75) is 18.3 Å². The minimum Gasteiger partial charge on any atom is -0.508 e. The maximum atomic E-state index is 11.5. The lowest BCUT2D eigenvalue weighted by Gasteiger charge is -2.13. The third kappa shape index (κ3) is 2.73. The summed E-state index contributed by atoms with van der Waals surface area (Å²) < 4.78 is 4.96. The summed E-state index contributed by atoms with van der Waals surface area (Å²) in [6, 6.07) is 6.86. The van der Waals surface area contributed by atoms with Gasteiger partial charge in [0.05, 0.1) is 12.0 Å². The van der Waals surface area contributed by atoms with Gasteiger partial charge in [-0.05, 0) is 13.0 Å². The monoisotopic (exact) mass is 253 g/mol. The van der Waals surface area contributed by atoms with Crippen LogP contribution in [0, 0.1) is 0 Å². The fourth-order valence-electron chi connectivity index (χ4n) is 1.74. The SMILES string of the molecule is CCOC(=O)[C@@H]1CSC(c2ccccc2O)N1. The van der Waals surface area contributed by atoms with E-state index >= 15 is 0 Å². The van der Waals surface area contributed by atoms with E-state index in [1.807, 2.05) is 12.1 Å². The van der Waals surface area contributed by atoms with E-state index in [1.54, 1.807) is 30.8 Å². The van der Waals surface area contributed by atoms with Gasteiger partial charge in [0.15, 0.2) is 0 Å². The minimum absolute atomic E-state index is 0.0504. The number of thioether (sulfide) groups is 1. The maximum absolute atomic E-state index is 11.5. The second-order valence-corrected chi connectivity index (χ2v) is 4.88. The first-order valence-corrected chi connectivity index (χ1v) is 6.59. The van der Waals surface area contributed by atoms with Crippen molar-refractivity contribution in [3.05, 3.63) is 29.8 Å². The van der Waals surface area contributed by atoms with E-state index in [-0.39, 0.29) is 23.1 Å². The molecule has 2 N–H and O–H groups in total. The first kappa shape index (κ1) is 12.3. The fourth-order valence-corrected chi connectivity index (χ4v) is 3.00. The molecule has 17 heavy (non-hydrogen) atoms. The van der Waals surface area contributed by atoms with E-state index in [0.717, 1.165) is 5.56 Å². The standard InChI is InChI=1S/C12H15NO3S/c1-2-16-12(15)9-7-17-11(13-9)8-5-3-4-6-10(8)14/h3-6,9,11,13-14H,2,7H2,1H3/t9-,11?/m0/s1. The van der Waals surface area contributed by atoms with Gasteiger partial charge >= 0.3 is 5.97 Å². The van der Waals surface area contributed by atoms with Crippen LogP contribution in [0.4, 0.5) is 0 Å². The van der Waals surface area contributed by atoms with Crippen molar-refractivity contribution in [2.75, 3.05) is 12.4 Å². The molecule has 0 amide bonds. The predicted molar refractivity (Wildman–Crippen MR) is 66.9 cm³/mol. The van der Waals surface area contributed by atoms with E-state index in [2.05, 4.69) is 5.32 Å². The second kappa shape index (κ2) is 5.42. The molecular formula is C12H15NO3S. The van der Waals surface area contributed by atoms with Crippen LogP contribution in [0.5, 0.6) is 5.75 Å². The molecule has 1 heterocycles. The summed E-state index contributed by atoms with van der Waals surface area (Å²) in [4.78, 5) is 11.5. The quantitative estimate of drug-likeness (QED) is 0.802. The lowest BCUT2D eigenvalue weighted by atomic mass is 10.2. The molecule has 0 saturated carbocycles. The lowest BCUT2D eigenvalue weighted by molar-refractivity contribution is -0.144. The summed E-state index contributed by atoms with van der Waals surface area (Å²) in [6.07, 6.45) is 0. The molecule has 0 spiro atoms. The van der Waals surface area contributed by atoms with Gasteiger partial charge in [-0.3, -0.25) is 10.1 Å². The maximum Gasteiger partial charge on any atom is 0.324 e. The number of esters is 1. The molecule has 2 atom stereocenters. The highest BCUT2D eigenvalue weighted by Gasteiger charge is 2.32. The van der Waals surface area contributed by atoms with Crippen LogP contribution in [0.15, 0.2) is 24.3 Å². The molecule has 5 heteroatoms. The number of phenols is 1. The average molecular weight is 253 g/mol. The van der Waals surface area contributed by atoms with Crippen LogP contribution < -0.4 is 5.32 Å². The Morgan fingerprint density at radius 2 is 2.35 bits per heavy atom. The van der Waals surface area contributed by atoms with Gasteiger partial charge in [-0.25, -0.2) is 0 Å². The summed E-state index contributed by atoms with van der Waals surface area (Å²) in [6.45, 7) is 2.18. The highest BCUT2D eigenvalue weighted by atomic mass is 32.2. The third-order valence-corrected chi connectivity index (χ3v) is 3.82. The number of carbonyl (C=O) groups is 1. The number of nitrogens with one attached hydrogen (secondary N) is 1. The molecule has 1 aliphatic rings. The van der Waals surface area contributed by atoms with Gasteiger partial charge in [0.1, 0.15) is 11.8 Å². The van der Waals surface area contributed by atoms with E-state index < -0.39 is 0 Å². The molecule has 2 rings (SSSR count). The molecule has 4 nitrogen and oxygen atoms in total. The van der Waals surface area contributed by atoms with Crippen molar-refractivity contribution in [2.24, 2.45) is 0 Å². The van der Waals surface area contributed by atoms with E-state index in [0.29, 0.717) is 12.4 Å². The average Bonchev–Trinajstić information content (AvgIpc) is 2.79. The van der Waals surface area contributed by atoms with Crippen LogP contribution in [0.25, 0.3) is 0 Å². The topological polar surface area (TPSA) is 58.6 Å². The van der Waals surface area contributed by atoms with Crippen molar-refractivity contribution >= 4 is 17.7 Å². The van der Waals surface area contributed by atoms with Crippen LogP contribution in [0.3, 0.4) is 0 Å². The Labute approximate surface area is 104 Å². The Bertz CT molecular complexity index is 410. The number of aromatic hydroxyl groups is 1. The van der Waals surface area contributed by atoms with Crippen LogP contribution in [-0.4, -0.2) is 29.5 Å². The highest BCUT2D eigenvalue weighted by molar-refractivity contribution is 7.99. The second-order valence-electron chi connectivity index (χ2n) is 3.74. The zero-order valence-corrected chi connectivity index (χ0v) is 10.4. The number of para-hydroxylation sites is 1. The minimum atomic E-state index is -0.287. The number of ether oxygens (including phenoxy) is 1. The van der Waals surface area contributed by atoms with E-state index in [4.69, 9.17) is 4.74 Å². The first-order chi connectivity index (χ1) is 8.22. The smallest absolute Gasteiger partial charge is 0.324 e. The number of benzene rings is 1. The Hall–Kier alpha value is -1.20. The highest BCUT2D eigenvalue weighted by Crippen LogP contribution is 2.37. The Kier molecular flexibility index (Phi) is 3.91. The summed E-state index contributed by atoms with van der Waals surface area (Å²) in [5.41, 5.74) is 0.810. The van der Waals surface area contributed by atoms with Gasteiger partial charge in [0, 0.05) is 11.3 Å². The first-order valence-electron chi connectivity index (χ1n) is 5.54. The normalized spacial score (nSPS) is 23.6. The Morgan fingerprint density at radius 1 is 1.59 bits per heavy atom. The van der Waals surface area contributed by atoms with Gasteiger partial charge in [-0.1, -0.05) is 18.2 Å². The number of rotatable bonds is 3. The molecule has 1 aromatic carbocycles. The van der Waals surface area contributed by atoms with Gasteiger partial charge in [0.2, 0.25) is 0 Å². The van der Waals surface area contributed by atoms with Crippen LogP contribution in [0.1, 0.15) is 17.9 Å². The molecule has 0 aliphatic carbocycles. The van der Waals surface area contributed by atoms with Crippen molar-refractivity contribution < 1.29 is 14.6 Å². The van der Waals surface area contributed by atoms with Crippen molar-refractivity contribution in [3.63, 3.8) is 0 Å². The van der Waals surface area contributed by atoms with Gasteiger partial charge in [-0.15, -0.1) is 11.8 Å². The Balaban J connectivity index is 2.03. The molecule has 1 aliphatic heterocycles. The zero-order chi connectivity index (χ0) is 12.3. The molecule has 92 valence electrons. The summed E-state index contributed by atoms with van der Waals surface area (Å²) in [5.74, 6) is 0.692. The van der Waals surface area contributed by atoms with E-state index in [9.17, 15) is 9.90 Å². The molecule has 1 saturated heterocycles. The number of carbonyl (C=O) groups excluding carboxylic acids is 1. The Morgan fingerprint density at radius 3 is 3.06 bits per heavy atom. The van der Waals surface area contributed by atoms with Crippen molar-refractivity contribution in [1.82, 2.24) is 5.32 Å². The predicted octanol–water partition coefficient (Wildman–Crippen LogP) is 1.66. The van der Waals surface area contributed by atoms with Gasteiger partial charge in [-0.2, -0.15) is 0 Å². The molecule has 0 aromatic heterocycles. The third-order valence-electron chi connectivity index (χ3n) is 2.57. The van der Waals surface area contributed by atoms with Crippen molar-refractivity contribution in [1.29, 1.82) is 0 Å². The van der Waals surface area contributed by atoms with Crippen LogP contribution in [-0.2, 0) is 9.53 Å². The summed E-state index contributed by atoms with van der Waals surface area (Å²) >= 11 is 1.60. The molecule has 1 unspecified atom stereocenters. The number of hydrogen-bond donors (Lipinski definition) is 2. The van der Waals surface area contributed by atoms with Crippen molar-refractivity contribution in [3.8, 4) is 5.75 Å². The molecular weight excluding hydrogens is 238 g/mol. The summed E-state index contributed by atoms with van der Waals surface area (Å²) in [5, 5.41) is 12.8. The van der Waals surface area contributed by atoms with Crippen LogP contribution >= 0.6 is 11.8 Å². The molecule has 1 fully saturated rings. The van der Waals surface area contributed by atoms with Gasteiger partial charge < -0.3 is 9.84 Å². The molecule has 0 bridgehead atoms.